The summed E-state index contributed by atoms with van der Waals surface area (Å²) in [5, 5.41) is 13.0. The first-order chi connectivity index (χ1) is 6.72. The van der Waals surface area contributed by atoms with E-state index in [9.17, 15) is 5.11 Å². The van der Waals surface area contributed by atoms with Crippen LogP contribution >= 0.6 is 0 Å². The highest BCUT2D eigenvalue weighted by Crippen LogP contribution is 2.37. The van der Waals surface area contributed by atoms with Gasteiger partial charge in [0.2, 0.25) is 0 Å². The predicted octanol–water partition coefficient (Wildman–Crippen LogP) is 1.73. The van der Waals surface area contributed by atoms with Gasteiger partial charge in [-0.3, -0.25) is 0 Å². The van der Waals surface area contributed by atoms with Crippen LogP contribution in [0.4, 0.5) is 0 Å². The topological polar surface area (TPSA) is 41.5 Å². The second-order valence-electron chi connectivity index (χ2n) is 6.05. The van der Waals surface area contributed by atoms with Crippen LogP contribution in [0.3, 0.4) is 0 Å². The summed E-state index contributed by atoms with van der Waals surface area (Å²) in [5.41, 5.74) is 0. The molecule has 2 N–H and O–H groups in total. The Morgan fingerprint density at radius 1 is 1.27 bits per heavy atom. The second-order valence-corrected chi connectivity index (χ2v) is 10.8. The smallest absolute Gasteiger partial charge is 0.192 e. The van der Waals surface area contributed by atoms with Crippen molar-refractivity contribution >= 4 is 8.32 Å². The summed E-state index contributed by atoms with van der Waals surface area (Å²) >= 11 is 0. The van der Waals surface area contributed by atoms with E-state index in [1.54, 1.807) is 0 Å². The molecule has 1 heterocycles. The van der Waals surface area contributed by atoms with Gasteiger partial charge in [0.05, 0.1) is 12.2 Å². The Hall–Kier alpha value is 0.0969. The van der Waals surface area contributed by atoms with Gasteiger partial charge in [0, 0.05) is 19.5 Å². The van der Waals surface area contributed by atoms with Crippen molar-refractivity contribution in [1.29, 1.82) is 0 Å². The van der Waals surface area contributed by atoms with Crippen LogP contribution in [0.1, 0.15) is 27.2 Å². The minimum absolute atomic E-state index is 0.189. The quantitative estimate of drug-likeness (QED) is 0.711. The van der Waals surface area contributed by atoms with Crippen LogP contribution in [0.25, 0.3) is 0 Å². The number of piperidine rings is 1. The van der Waals surface area contributed by atoms with E-state index < -0.39 is 8.32 Å². The van der Waals surface area contributed by atoms with Gasteiger partial charge in [-0.15, -0.1) is 0 Å². The first-order valence-electron chi connectivity index (χ1n) is 5.79. The van der Waals surface area contributed by atoms with Crippen molar-refractivity contribution < 1.29 is 9.53 Å². The van der Waals surface area contributed by atoms with Gasteiger partial charge in [-0.25, -0.2) is 0 Å². The van der Waals surface area contributed by atoms with E-state index in [-0.39, 0.29) is 17.2 Å². The fourth-order valence-electron chi connectivity index (χ4n) is 1.56. The van der Waals surface area contributed by atoms with Crippen molar-refractivity contribution in [3.8, 4) is 0 Å². The summed E-state index contributed by atoms with van der Waals surface area (Å²) in [5.74, 6) is 0. The highest BCUT2D eigenvalue weighted by molar-refractivity contribution is 6.74. The molecule has 1 unspecified atom stereocenters. The average molecular weight is 231 g/mol. The molecule has 1 rings (SSSR count). The van der Waals surface area contributed by atoms with E-state index in [4.69, 9.17) is 4.43 Å². The lowest BCUT2D eigenvalue weighted by Gasteiger charge is -2.41. The summed E-state index contributed by atoms with van der Waals surface area (Å²) in [7, 11) is -1.67. The Balaban J connectivity index is 2.53. The van der Waals surface area contributed by atoms with Gasteiger partial charge >= 0.3 is 0 Å². The zero-order valence-corrected chi connectivity index (χ0v) is 11.6. The Morgan fingerprint density at radius 2 is 1.87 bits per heavy atom. The van der Waals surface area contributed by atoms with Gasteiger partial charge in [0.1, 0.15) is 0 Å². The lowest BCUT2D eigenvalue weighted by molar-refractivity contribution is 0.0586. The molecule has 0 amide bonds. The normalized spacial score (nSPS) is 29.2. The molecule has 0 spiro atoms. The maximum absolute atomic E-state index is 9.55. The summed E-state index contributed by atoms with van der Waals surface area (Å²) in [6.45, 7) is 12.8. The van der Waals surface area contributed by atoms with Crippen LogP contribution in [0.5, 0.6) is 0 Å². The number of hydrogen-bond acceptors (Lipinski definition) is 3. The van der Waals surface area contributed by atoms with Crippen molar-refractivity contribution in [3.63, 3.8) is 0 Å². The van der Waals surface area contributed by atoms with Gasteiger partial charge in [-0.05, 0) is 18.1 Å². The van der Waals surface area contributed by atoms with Crippen molar-refractivity contribution in [1.82, 2.24) is 5.32 Å². The zero-order chi connectivity index (χ0) is 11.7. The Morgan fingerprint density at radius 3 is 2.33 bits per heavy atom. The third-order valence-corrected chi connectivity index (χ3v) is 8.09. The fraction of sp³-hybridized carbons (Fsp3) is 1.00. The molecule has 1 fully saturated rings. The van der Waals surface area contributed by atoms with E-state index in [1.165, 1.54) is 0 Å². The molecule has 0 aromatic carbocycles. The van der Waals surface area contributed by atoms with Crippen molar-refractivity contribution in [2.45, 2.75) is 57.5 Å². The monoisotopic (exact) mass is 231 g/mol. The van der Waals surface area contributed by atoms with Crippen molar-refractivity contribution in [3.05, 3.63) is 0 Å². The fourth-order valence-corrected chi connectivity index (χ4v) is 2.93. The average Bonchev–Trinajstić information content (AvgIpc) is 2.00. The zero-order valence-electron chi connectivity index (χ0n) is 10.6. The molecule has 90 valence electrons. The van der Waals surface area contributed by atoms with Crippen LogP contribution in [-0.2, 0) is 4.43 Å². The lowest BCUT2D eigenvalue weighted by atomic mass is 10.1. The SMILES string of the molecule is CC(C)(C)[Si](C)(C)OC1CNC[C@@H](O)C1. The predicted molar refractivity (Wildman–Crippen MR) is 65.6 cm³/mol. The highest BCUT2D eigenvalue weighted by Gasteiger charge is 2.39. The molecule has 1 aliphatic rings. The van der Waals surface area contributed by atoms with Crippen LogP contribution in [0.15, 0.2) is 0 Å². The Kier molecular flexibility index (Phi) is 3.98. The summed E-state index contributed by atoms with van der Waals surface area (Å²) in [6, 6.07) is 0. The number of rotatable bonds is 2. The Labute approximate surface area is 94.3 Å². The number of nitrogens with one attached hydrogen (secondary N) is 1. The van der Waals surface area contributed by atoms with E-state index in [2.05, 4.69) is 39.2 Å². The van der Waals surface area contributed by atoms with Gasteiger partial charge < -0.3 is 14.8 Å². The van der Waals surface area contributed by atoms with Crippen molar-refractivity contribution in [2.24, 2.45) is 0 Å². The molecule has 0 aromatic rings. The molecule has 2 atom stereocenters. The number of β-amino-alcohol motifs (C(OH)–C–C–N with tert-alkyl or cyclic N) is 1. The van der Waals surface area contributed by atoms with E-state index in [0.717, 1.165) is 13.0 Å². The van der Waals surface area contributed by atoms with Crippen molar-refractivity contribution in [2.75, 3.05) is 13.1 Å². The van der Waals surface area contributed by atoms with Crippen LogP contribution in [-0.4, -0.2) is 38.7 Å². The third kappa shape index (κ3) is 3.55. The van der Waals surface area contributed by atoms with Crippen LogP contribution in [0, 0.1) is 0 Å². The van der Waals surface area contributed by atoms with Gasteiger partial charge in [0.15, 0.2) is 8.32 Å². The maximum Gasteiger partial charge on any atom is 0.192 e. The highest BCUT2D eigenvalue weighted by atomic mass is 28.4. The molecule has 3 nitrogen and oxygen atoms in total. The number of hydrogen-bond donors (Lipinski definition) is 2. The van der Waals surface area contributed by atoms with E-state index in [1.807, 2.05) is 0 Å². The minimum atomic E-state index is -1.67. The lowest BCUT2D eigenvalue weighted by Crippen LogP contribution is -2.51. The Bertz CT molecular complexity index is 213. The second kappa shape index (κ2) is 4.53. The number of aliphatic hydroxyl groups excluding tert-OH is 1. The third-order valence-electron chi connectivity index (χ3n) is 3.55. The molecule has 0 radical (unpaired) electrons. The molecule has 1 saturated heterocycles. The summed E-state index contributed by atoms with van der Waals surface area (Å²) < 4.78 is 6.23. The molecular formula is C11H25NO2Si. The molecule has 0 aromatic heterocycles. The molecular weight excluding hydrogens is 206 g/mol. The minimum Gasteiger partial charge on any atom is -0.413 e. The molecule has 15 heavy (non-hydrogen) atoms. The van der Waals surface area contributed by atoms with Crippen LogP contribution in [0.2, 0.25) is 18.1 Å². The maximum atomic E-state index is 9.55. The van der Waals surface area contributed by atoms with Crippen LogP contribution < -0.4 is 5.32 Å². The van der Waals surface area contributed by atoms with Gasteiger partial charge in [-0.2, -0.15) is 0 Å². The number of aliphatic hydroxyl groups is 1. The van der Waals surface area contributed by atoms with E-state index in [0.29, 0.717) is 6.54 Å². The van der Waals surface area contributed by atoms with E-state index >= 15 is 0 Å². The first-order valence-corrected chi connectivity index (χ1v) is 8.70. The summed E-state index contributed by atoms with van der Waals surface area (Å²) in [4.78, 5) is 0. The molecule has 1 aliphatic heterocycles. The first kappa shape index (κ1) is 13.2. The molecule has 0 bridgehead atoms. The van der Waals surface area contributed by atoms with Gasteiger partial charge in [-0.1, -0.05) is 20.8 Å². The molecule has 0 saturated carbocycles. The molecule has 4 heteroatoms. The van der Waals surface area contributed by atoms with Gasteiger partial charge in [0.25, 0.3) is 0 Å². The summed E-state index contributed by atoms with van der Waals surface area (Å²) in [6.07, 6.45) is 0.725. The standard InChI is InChI=1S/C11H25NO2Si/c1-11(2,3)15(4,5)14-10-6-9(13)7-12-8-10/h9-10,12-13H,6-8H2,1-5H3/t9-,10?/m0/s1. The largest absolute Gasteiger partial charge is 0.413 e. The molecule has 0 aliphatic carbocycles.